The summed E-state index contributed by atoms with van der Waals surface area (Å²) in [5.41, 5.74) is 0.420. The van der Waals surface area contributed by atoms with Gasteiger partial charge in [-0.1, -0.05) is 32.1 Å². The van der Waals surface area contributed by atoms with Gasteiger partial charge in [0.2, 0.25) is 0 Å². The van der Waals surface area contributed by atoms with E-state index in [1.165, 1.54) is 84.0 Å². The number of hydrogen-bond acceptors (Lipinski definition) is 2. The van der Waals surface area contributed by atoms with Gasteiger partial charge in [-0.15, -0.1) is 0 Å². The molecule has 3 rings (SSSR count). The van der Waals surface area contributed by atoms with Gasteiger partial charge < -0.3 is 10.2 Å². The van der Waals surface area contributed by atoms with E-state index in [0.29, 0.717) is 5.54 Å². The van der Waals surface area contributed by atoms with Gasteiger partial charge in [-0.3, -0.25) is 0 Å². The second-order valence-electron chi connectivity index (χ2n) is 7.54. The van der Waals surface area contributed by atoms with Crippen LogP contribution in [0.25, 0.3) is 0 Å². The Morgan fingerprint density at radius 2 is 1.84 bits per heavy atom. The smallest absolute Gasteiger partial charge is 0.0308 e. The topological polar surface area (TPSA) is 15.3 Å². The number of rotatable bonds is 4. The Morgan fingerprint density at radius 1 is 1.05 bits per heavy atom. The molecule has 0 amide bonds. The zero-order valence-corrected chi connectivity index (χ0v) is 12.8. The third kappa shape index (κ3) is 3.72. The van der Waals surface area contributed by atoms with E-state index in [2.05, 4.69) is 17.1 Å². The van der Waals surface area contributed by atoms with Gasteiger partial charge in [-0.2, -0.15) is 0 Å². The van der Waals surface area contributed by atoms with Gasteiger partial charge in [0, 0.05) is 12.1 Å². The first-order valence-electron chi connectivity index (χ1n) is 8.74. The van der Waals surface area contributed by atoms with Crippen LogP contribution in [0.5, 0.6) is 0 Å². The van der Waals surface area contributed by atoms with Crippen molar-refractivity contribution in [2.24, 2.45) is 11.8 Å². The SMILES string of the molecule is CC1(C2CC2)CN(CCC2CCCCC2)CCCN1. The van der Waals surface area contributed by atoms with Crippen molar-refractivity contribution in [1.82, 2.24) is 10.2 Å². The van der Waals surface area contributed by atoms with Gasteiger partial charge in [0.15, 0.2) is 0 Å². The highest BCUT2D eigenvalue weighted by atomic mass is 15.2. The molecular weight excluding hydrogens is 232 g/mol. The Morgan fingerprint density at radius 3 is 2.58 bits per heavy atom. The number of nitrogens with one attached hydrogen (secondary N) is 1. The molecule has 1 aliphatic heterocycles. The zero-order valence-electron chi connectivity index (χ0n) is 12.8. The summed E-state index contributed by atoms with van der Waals surface area (Å²) < 4.78 is 0. The molecule has 0 aromatic carbocycles. The Balaban J connectivity index is 1.48. The highest BCUT2D eigenvalue weighted by Gasteiger charge is 2.42. The van der Waals surface area contributed by atoms with Crippen LogP contribution < -0.4 is 5.32 Å². The molecule has 19 heavy (non-hydrogen) atoms. The molecule has 0 aromatic heterocycles. The summed E-state index contributed by atoms with van der Waals surface area (Å²) >= 11 is 0. The lowest BCUT2D eigenvalue weighted by atomic mass is 9.86. The van der Waals surface area contributed by atoms with E-state index in [1.54, 1.807) is 0 Å². The van der Waals surface area contributed by atoms with Gasteiger partial charge >= 0.3 is 0 Å². The van der Waals surface area contributed by atoms with Crippen LogP contribution in [0.15, 0.2) is 0 Å². The van der Waals surface area contributed by atoms with Gasteiger partial charge in [0.25, 0.3) is 0 Å². The highest BCUT2D eigenvalue weighted by Crippen LogP contribution is 2.40. The normalized spacial score (nSPS) is 35.2. The fourth-order valence-electron chi connectivity index (χ4n) is 4.30. The van der Waals surface area contributed by atoms with Crippen molar-refractivity contribution in [3.63, 3.8) is 0 Å². The molecule has 2 saturated carbocycles. The van der Waals surface area contributed by atoms with E-state index < -0.39 is 0 Å². The minimum atomic E-state index is 0.420. The molecule has 0 spiro atoms. The van der Waals surface area contributed by atoms with Gasteiger partial charge in [-0.25, -0.2) is 0 Å². The minimum absolute atomic E-state index is 0.420. The van der Waals surface area contributed by atoms with E-state index in [4.69, 9.17) is 0 Å². The van der Waals surface area contributed by atoms with Crippen molar-refractivity contribution in [2.45, 2.75) is 70.3 Å². The van der Waals surface area contributed by atoms with Crippen molar-refractivity contribution in [2.75, 3.05) is 26.2 Å². The molecule has 0 aromatic rings. The van der Waals surface area contributed by atoms with Crippen molar-refractivity contribution in [3.05, 3.63) is 0 Å². The fraction of sp³-hybridized carbons (Fsp3) is 1.00. The van der Waals surface area contributed by atoms with E-state index in [-0.39, 0.29) is 0 Å². The second-order valence-corrected chi connectivity index (χ2v) is 7.54. The van der Waals surface area contributed by atoms with E-state index in [0.717, 1.165) is 11.8 Å². The van der Waals surface area contributed by atoms with Crippen LogP contribution in [0.3, 0.4) is 0 Å². The molecule has 2 aliphatic carbocycles. The first-order chi connectivity index (χ1) is 9.26. The van der Waals surface area contributed by atoms with Crippen LogP contribution in [-0.2, 0) is 0 Å². The lowest BCUT2D eigenvalue weighted by Crippen LogP contribution is -2.51. The molecular formula is C17H32N2. The predicted molar refractivity (Wildman–Crippen MR) is 81.4 cm³/mol. The van der Waals surface area contributed by atoms with Crippen LogP contribution in [0, 0.1) is 11.8 Å². The van der Waals surface area contributed by atoms with Crippen LogP contribution in [0.1, 0.15) is 64.7 Å². The Hall–Kier alpha value is -0.0800. The lowest BCUT2D eigenvalue weighted by molar-refractivity contribution is 0.183. The van der Waals surface area contributed by atoms with Crippen LogP contribution >= 0.6 is 0 Å². The first-order valence-corrected chi connectivity index (χ1v) is 8.74. The van der Waals surface area contributed by atoms with Crippen molar-refractivity contribution >= 4 is 0 Å². The Labute approximate surface area is 119 Å². The lowest BCUT2D eigenvalue weighted by Gasteiger charge is -2.34. The Kier molecular flexibility index (Phi) is 4.48. The minimum Gasteiger partial charge on any atom is -0.310 e. The summed E-state index contributed by atoms with van der Waals surface area (Å²) in [6, 6.07) is 0. The summed E-state index contributed by atoms with van der Waals surface area (Å²) in [6.45, 7) is 7.68. The van der Waals surface area contributed by atoms with Crippen LogP contribution in [0.2, 0.25) is 0 Å². The molecule has 1 unspecified atom stereocenters. The summed E-state index contributed by atoms with van der Waals surface area (Å²) in [5.74, 6) is 2.00. The fourth-order valence-corrected chi connectivity index (χ4v) is 4.30. The van der Waals surface area contributed by atoms with E-state index >= 15 is 0 Å². The van der Waals surface area contributed by atoms with Crippen LogP contribution in [0.4, 0.5) is 0 Å². The highest BCUT2D eigenvalue weighted by molar-refractivity contribution is 5.01. The molecule has 2 nitrogen and oxygen atoms in total. The maximum atomic E-state index is 3.85. The average molecular weight is 264 g/mol. The molecule has 3 fully saturated rings. The van der Waals surface area contributed by atoms with E-state index in [1.807, 2.05) is 0 Å². The average Bonchev–Trinajstić information content (AvgIpc) is 3.25. The zero-order chi connectivity index (χ0) is 13.1. The Bertz CT molecular complexity index is 281. The van der Waals surface area contributed by atoms with Gasteiger partial charge in [-0.05, 0) is 64.1 Å². The summed E-state index contributed by atoms with van der Waals surface area (Å²) in [4.78, 5) is 2.77. The standard InChI is InChI=1S/C17H32N2/c1-17(16-8-9-16)14-19(12-5-11-18-17)13-10-15-6-3-2-4-7-15/h15-16,18H,2-14H2,1H3. The maximum absolute atomic E-state index is 3.85. The molecule has 0 bridgehead atoms. The monoisotopic (exact) mass is 264 g/mol. The molecule has 110 valence electrons. The molecule has 2 heteroatoms. The van der Waals surface area contributed by atoms with Gasteiger partial charge in [0.05, 0.1) is 0 Å². The summed E-state index contributed by atoms with van der Waals surface area (Å²) in [7, 11) is 0. The third-order valence-electron chi connectivity index (χ3n) is 5.79. The van der Waals surface area contributed by atoms with Crippen molar-refractivity contribution in [1.29, 1.82) is 0 Å². The van der Waals surface area contributed by atoms with Gasteiger partial charge in [0.1, 0.15) is 0 Å². The molecule has 1 atom stereocenters. The summed E-state index contributed by atoms with van der Waals surface area (Å²) in [6.07, 6.45) is 13.2. The van der Waals surface area contributed by atoms with Crippen molar-refractivity contribution in [3.8, 4) is 0 Å². The molecule has 1 N–H and O–H groups in total. The molecule has 3 aliphatic rings. The van der Waals surface area contributed by atoms with Crippen molar-refractivity contribution < 1.29 is 0 Å². The molecule has 1 heterocycles. The molecule has 0 radical (unpaired) electrons. The number of hydrogen-bond donors (Lipinski definition) is 1. The third-order valence-corrected chi connectivity index (χ3v) is 5.79. The predicted octanol–water partition coefficient (Wildman–Crippen LogP) is 3.42. The molecule has 1 saturated heterocycles. The van der Waals surface area contributed by atoms with E-state index in [9.17, 15) is 0 Å². The summed E-state index contributed by atoms with van der Waals surface area (Å²) in [5, 5.41) is 3.85. The quantitative estimate of drug-likeness (QED) is 0.837. The van der Waals surface area contributed by atoms with Crippen LogP contribution in [-0.4, -0.2) is 36.6 Å². The first kappa shape index (κ1) is 13.9. The second kappa shape index (κ2) is 6.13. The largest absolute Gasteiger partial charge is 0.310 e. The maximum Gasteiger partial charge on any atom is 0.0308 e. The number of nitrogens with zero attached hydrogens (tertiary/aromatic N) is 1.